The highest BCUT2D eigenvalue weighted by Crippen LogP contribution is 2.05. The molecule has 2 N–H and O–H groups in total. The predicted molar refractivity (Wildman–Crippen MR) is 65.5 cm³/mol. The Morgan fingerprint density at radius 2 is 1.94 bits per heavy atom. The zero-order chi connectivity index (χ0) is 11.9. The maximum absolute atomic E-state index is 9.09. The zero-order valence-electron chi connectivity index (χ0n) is 9.50. The highest BCUT2D eigenvalue weighted by molar-refractivity contribution is 5.17. The van der Waals surface area contributed by atoms with Crippen LogP contribution in [-0.4, -0.2) is 21.6 Å². The fourth-order valence-electron chi connectivity index (χ4n) is 1.52. The standard InChI is InChI=1S/C13H15N3O/c17-13-2-1-12(16-10-13)9-15-8-5-11-3-6-14-7-4-11/h1-4,6-7,10,15,17H,5,8-9H2. The molecule has 0 saturated heterocycles. The fourth-order valence-corrected chi connectivity index (χ4v) is 1.52. The molecule has 0 aromatic carbocycles. The van der Waals surface area contributed by atoms with Crippen LogP contribution in [0.3, 0.4) is 0 Å². The molecule has 0 amide bonds. The maximum atomic E-state index is 9.09. The summed E-state index contributed by atoms with van der Waals surface area (Å²) in [4.78, 5) is 8.08. The average molecular weight is 229 g/mol. The lowest BCUT2D eigenvalue weighted by atomic mass is 10.2. The number of hydrogen-bond acceptors (Lipinski definition) is 4. The minimum absolute atomic E-state index is 0.200. The Kier molecular flexibility index (Phi) is 4.05. The molecular weight excluding hydrogens is 214 g/mol. The van der Waals surface area contributed by atoms with Crippen LogP contribution in [-0.2, 0) is 13.0 Å². The van der Waals surface area contributed by atoms with Crippen molar-refractivity contribution in [2.45, 2.75) is 13.0 Å². The molecule has 0 fully saturated rings. The molecule has 88 valence electrons. The van der Waals surface area contributed by atoms with Crippen LogP contribution in [0.25, 0.3) is 0 Å². The highest BCUT2D eigenvalue weighted by Gasteiger charge is 1.95. The van der Waals surface area contributed by atoms with Gasteiger partial charge in [-0.15, -0.1) is 0 Å². The second-order valence-corrected chi connectivity index (χ2v) is 3.79. The van der Waals surface area contributed by atoms with Gasteiger partial charge < -0.3 is 10.4 Å². The lowest BCUT2D eigenvalue weighted by Gasteiger charge is -2.04. The Bertz CT molecular complexity index is 442. The topological polar surface area (TPSA) is 58.0 Å². The molecule has 0 atom stereocenters. The van der Waals surface area contributed by atoms with Gasteiger partial charge in [0.25, 0.3) is 0 Å². The molecule has 2 heterocycles. The number of pyridine rings is 2. The van der Waals surface area contributed by atoms with Gasteiger partial charge in [-0.25, -0.2) is 0 Å². The second kappa shape index (κ2) is 5.96. The molecule has 0 unspecified atom stereocenters. The molecule has 0 saturated carbocycles. The average Bonchev–Trinajstić information content (AvgIpc) is 2.38. The summed E-state index contributed by atoms with van der Waals surface area (Å²) in [5.41, 5.74) is 2.20. The van der Waals surface area contributed by atoms with E-state index in [2.05, 4.69) is 15.3 Å². The van der Waals surface area contributed by atoms with Gasteiger partial charge in [-0.3, -0.25) is 9.97 Å². The molecule has 17 heavy (non-hydrogen) atoms. The van der Waals surface area contributed by atoms with Crippen molar-refractivity contribution in [1.82, 2.24) is 15.3 Å². The van der Waals surface area contributed by atoms with Crippen molar-refractivity contribution >= 4 is 0 Å². The van der Waals surface area contributed by atoms with E-state index >= 15 is 0 Å². The third kappa shape index (κ3) is 3.85. The minimum Gasteiger partial charge on any atom is -0.506 e. The van der Waals surface area contributed by atoms with Crippen LogP contribution in [0.1, 0.15) is 11.3 Å². The van der Waals surface area contributed by atoms with Crippen LogP contribution in [0, 0.1) is 0 Å². The van der Waals surface area contributed by atoms with Crippen molar-refractivity contribution in [2.24, 2.45) is 0 Å². The molecule has 0 bridgehead atoms. The Morgan fingerprint density at radius 3 is 2.65 bits per heavy atom. The summed E-state index contributed by atoms with van der Waals surface area (Å²) in [5.74, 6) is 0.200. The van der Waals surface area contributed by atoms with Gasteiger partial charge >= 0.3 is 0 Å². The van der Waals surface area contributed by atoms with Crippen LogP contribution in [0.4, 0.5) is 0 Å². The third-order valence-electron chi connectivity index (χ3n) is 2.46. The van der Waals surface area contributed by atoms with Gasteiger partial charge in [-0.05, 0) is 42.8 Å². The molecule has 2 aromatic heterocycles. The van der Waals surface area contributed by atoms with Crippen molar-refractivity contribution in [3.05, 3.63) is 54.1 Å². The molecule has 2 aromatic rings. The molecule has 2 rings (SSSR count). The monoisotopic (exact) mass is 229 g/mol. The quantitative estimate of drug-likeness (QED) is 0.763. The summed E-state index contributed by atoms with van der Waals surface area (Å²) in [6.45, 7) is 1.61. The first-order valence-corrected chi connectivity index (χ1v) is 5.58. The van der Waals surface area contributed by atoms with Crippen LogP contribution < -0.4 is 5.32 Å². The number of aromatic nitrogens is 2. The molecule has 0 aliphatic heterocycles. The molecule has 0 radical (unpaired) electrons. The van der Waals surface area contributed by atoms with E-state index in [1.54, 1.807) is 18.5 Å². The van der Waals surface area contributed by atoms with Gasteiger partial charge in [-0.1, -0.05) is 0 Å². The largest absolute Gasteiger partial charge is 0.506 e. The van der Waals surface area contributed by atoms with Crippen LogP contribution >= 0.6 is 0 Å². The van der Waals surface area contributed by atoms with Crippen LogP contribution in [0.5, 0.6) is 5.75 Å². The van der Waals surface area contributed by atoms with E-state index in [4.69, 9.17) is 5.11 Å². The molecule has 0 aliphatic carbocycles. The number of hydrogen-bond donors (Lipinski definition) is 2. The van der Waals surface area contributed by atoms with Gasteiger partial charge in [0, 0.05) is 18.9 Å². The summed E-state index contributed by atoms with van der Waals surface area (Å²) < 4.78 is 0. The third-order valence-corrected chi connectivity index (χ3v) is 2.46. The second-order valence-electron chi connectivity index (χ2n) is 3.79. The summed E-state index contributed by atoms with van der Waals surface area (Å²) in [6, 6.07) is 7.49. The lowest BCUT2D eigenvalue weighted by molar-refractivity contribution is 0.471. The SMILES string of the molecule is Oc1ccc(CNCCc2ccncc2)nc1. The van der Waals surface area contributed by atoms with E-state index in [0.29, 0.717) is 6.54 Å². The van der Waals surface area contributed by atoms with Gasteiger partial charge in [0.1, 0.15) is 5.75 Å². The minimum atomic E-state index is 0.200. The number of aromatic hydroxyl groups is 1. The smallest absolute Gasteiger partial charge is 0.133 e. The summed E-state index contributed by atoms with van der Waals surface area (Å²) in [7, 11) is 0. The summed E-state index contributed by atoms with van der Waals surface area (Å²) in [5, 5.41) is 12.4. The molecule has 4 nitrogen and oxygen atoms in total. The molecular formula is C13H15N3O. The Morgan fingerprint density at radius 1 is 1.12 bits per heavy atom. The van der Waals surface area contributed by atoms with E-state index in [1.807, 2.05) is 18.2 Å². The fraction of sp³-hybridized carbons (Fsp3) is 0.231. The normalized spacial score (nSPS) is 10.4. The van der Waals surface area contributed by atoms with E-state index < -0.39 is 0 Å². The van der Waals surface area contributed by atoms with Crippen molar-refractivity contribution in [2.75, 3.05) is 6.54 Å². The Balaban J connectivity index is 1.71. The summed E-state index contributed by atoms with van der Waals surface area (Å²) in [6.07, 6.45) is 6.04. The van der Waals surface area contributed by atoms with Gasteiger partial charge in [0.15, 0.2) is 0 Å². The van der Waals surface area contributed by atoms with Crippen molar-refractivity contribution in [1.29, 1.82) is 0 Å². The van der Waals surface area contributed by atoms with Crippen LogP contribution in [0.2, 0.25) is 0 Å². The molecule has 0 spiro atoms. The van der Waals surface area contributed by atoms with Gasteiger partial charge in [0.05, 0.1) is 11.9 Å². The molecule has 4 heteroatoms. The van der Waals surface area contributed by atoms with E-state index in [-0.39, 0.29) is 5.75 Å². The Labute approximate surface area is 100 Å². The first kappa shape index (κ1) is 11.5. The number of nitrogens with one attached hydrogen (secondary N) is 1. The lowest BCUT2D eigenvalue weighted by Crippen LogP contribution is -2.17. The zero-order valence-corrected chi connectivity index (χ0v) is 9.50. The number of rotatable bonds is 5. The highest BCUT2D eigenvalue weighted by atomic mass is 16.3. The first-order valence-electron chi connectivity index (χ1n) is 5.58. The summed E-state index contributed by atoms with van der Waals surface area (Å²) >= 11 is 0. The van der Waals surface area contributed by atoms with E-state index in [9.17, 15) is 0 Å². The maximum Gasteiger partial charge on any atom is 0.133 e. The van der Waals surface area contributed by atoms with E-state index in [1.165, 1.54) is 11.8 Å². The van der Waals surface area contributed by atoms with Crippen LogP contribution in [0.15, 0.2) is 42.9 Å². The van der Waals surface area contributed by atoms with Gasteiger partial charge in [-0.2, -0.15) is 0 Å². The predicted octanol–water partition coefficient (Wildman–Crippen LogP) is 1.51. The first-order chi connectivity index (χ1) is 8.34. The van der Waals surface area contributed by atoms with Crippen molar-refractivity contribution in [3.63, 3.8) is 0 Å². The number of nitrogens with zero attached hydrogens (tertiary/aromatic N) is 2. The van der Waals surface area contributed by atoms with Crippen molar-refractivity contribution in [3.8, 4) is 5.75 Å². The molecule has 0 aliphatic rings. The van der Waals surface area contributed by atoms with E-state index in [0.717, 1.165) is 18.7 Å². The van der Waals surface area contributed by atoms with Gasteiger partial charge in [0.2, 0.25) is 0 Å². The Hall–Kier alpha value is -1.94. The van der Waals surface area contributed by atoms with Crippen molar-refractivity contribution < 1.29 is 5.11 Å².